The van der Waals surface area contributed by atoms with E-state index < -0.39 is 22.7 Å². The summed E-state index contributed by atoms with van der Waals surface area (Å²) in [7, 11) is 0. The predicted octanol–water partition coefficient (Wildman–Crippen LogP) is 1.34. The molecule has 74 valence electrons. The summed E-state index contributed by atoms with van der Waals surface area (Å²) in [6.07, 6.45) is -0.813. The summed E-state index contributed by atoms with van der Waals surface area (Å²) in [4.78, 5) is 29.8. The number of nitroso groups, excluding NO2 is 2. The molecule has 0 amide bonds. The first-order chi connectivity index (χ1) is 5.90. The maximum absolute atomic E-state index is 11.3. The number of hydrogen-bond donors (Lipinski definition) is 0. The van der Waals surface area contributed by atoms with Crippen molar-refractivity contribution in [3.63, 3.8) is 0 Å². The van der Waals surface area contributed by atoms with Gasteiger partial charge in [-0.2, -0.15) is 0 Å². The molecule has 0 aliphatic rings. The Kier molecular flexibility index (Phi) is 3.58. The molecule has 0 bridgehead atoms. The van der Waals surface area contributed by atoms with Crippen molar-refractivity contribution in [1.82, 2.24) is 0 Å². The van der Waals surface area contributed by atoms with Crippen LogP contribution in [0.25, 0.3) is 0 Å². The van der Waals surface area contributed by atoms with E-state index in [1.807, 2.05) is 7.32 Å². The first kappa shape index (κ1) is 12.1. The van der Waals surface area contributed by atoms with Crippen molar-refractivity contribution in [2.45, 2.75) is 20.0 Å². The van der Waals surface area contributed by atoms with Crippen LogP contribution in [0.2, 0.25) is 0 Å². The number of hydrogen-bond acceptors (Lipinski definition) is 7. The van der Waals surface area contributed by atoms with Crippen LogP contribution in [0.15, 0.2) is 12.7 Å². The van der Waals surface area contributed by atoms with E-state index in [1.165, 1.54) is 13.8 Å². The fourth-order valence-corrected chi connectivity index (χ4v) is 2.40. The summed E-state index contributed by atoms with van der Waals surface area (Å²) in [5.74, 6) is 0. The second-order valence-electron chi connectivity index (χ2n) is 2.41. The van der Waals surface area contributed by atoms with Gasteiger partial charge in [-0.05, 0) is 0 Å². The van der Waals surface area contributed by atoms with Gasteiger partial charge < -0.3 is 0 Å². The van der Waals surface area contributed by atoms with Crippen molar-refractivity contribution in [2.75, 3.05) is 0 Å². The van der Waals surface area contributed by atoms with Crippen LogP contribution in [0, 0.1) is 14.7 Å². The summed E-state index contributed by atoms with van der Waals surface area (Å²) < 4.78 is 22.9. The van der Waals surface area contributed by atoms with Crippen LogP contribution in [-0.2, 0) is 26.6 Å². The van der Waals surface area contributed by atoms with E-state index in [0.29, 0.717) is 0 Å². The molecule has 0 aliphatic carbocycles. The van der Waals surface area contributed by atoms with E-state index in [9.17, 15) is 18.0 Å². The van der Waals surface area contributed by atoms with Gasteiger partial charge in [-0.1, -0.05) is 0 Å². The van der Waals surface area contributed by atoms with Gasteiger partial charge in [0.25, 0.3) is 0 Å². The second-order valence-corrected chi connectivity index (χ2v) is 6.44. The van der Waals surface area contributed by atoms with E-state index in [1.54, 1.807) is 5.34 Å². The Hall–Kier alpha value is -0.926. The molecule has 0 heterocycles. The van der Waals surface area contributed by atoms with Crippen molar-refractivity contribution >= 4 is 0 Å². The second kappa shape index (κ2) is 3.86. The Balaban J connectivity index is 5.11. The van der Waals surface area contributed by atoms with Crippen molar-refractivity contribution in [3.8, 4) is 0 Å². The van der Waals surface area contributed by atoms with Gasteiger partial charge in [0.15, 0.2) is 0 Å². The fourth-order valence-electron chi connectivity index (χ4n) is 0.582. The van der Waals surface area contributed by atoms with Crippen LogP contribution < -0.4 is 0 Å². The van der Waals surface area contributed by atoms with Gasteiger partial charge in [0.1, 0.15) is 0 Å². The molecule has 10 heteroatoms. The van der Waals surface area contributed by atoms with Crippen LogP contribution in [0.1, 0.15) is 13.8 Å². The zero-order chi connectivity index (χ0) is 10.6. The van der Waals surface area contributed by atoms with Crippen molar-refractivity contribution in [2.24, 2.45) is 12.7 Å². The molecule has 0 fully saturated rings. The molecule has 0 unspecified atom stereocenters. The zero-order valence-corrected chi connectivity index (χ0v) is 8.43. The topological polar surface area (TPSA) is 124 Å². The monoisotopic (exact) mass is 229 g/mol. The third-order valence-electron chi connectivity index (χ3n) is 0.936. The zero-order valence-electron chi connectivity index (χ0n) is 6.87. The van der Waals surface area contributed by atoms with E-state index in [0.717, 1.165) is 0 Å². The molecule has 0 rings (SSSR count). The van der Waals surface area contributed by atoms with Crippen LogP contribution in [0.3, 0.4) is 0 Å². The average molecular weight is 229 g/mol. The van der Waals surface area contributed by atoms with Crippen LogP contribution in [0.4, 0.5) is 0 Å². The average Bonchev–Trinajstić information content (AvgIpc) is 2.04. The minimum absolute atomic E-state index is 0.813. The quantitative estimate of drug-likeness (QED) is 0.384. The first-order valence-corrected chi connectivity index (χ1v) is 6.49. The Labute approximate surface area is 74.4 Å². The molecule has 0 atom stereocenters. The molecule has 0 aromatic carbocycles. The predicted molar refractivity (Wildman–Crippen MR) is 35.4 cm³/mol. The van der Waals surface area contributed by atoms with Gasteiger partial charge in [0.2, 0.25) is 0 Å². The SMILES string of the molecule is CC(C)[O][Ti](=[O])([N]=O)([N]=O)[O]N=O. The summed E-state index contributed by atoms with van der Waals surface area (Å²) >= 11 is -6.57. The Morgan fingerprint density at radius 1 is 1.15 bits per heavy atom. The third-order valence-corrected chi connectivity index (χ3v) is 3.86. The molecule has 0 aromatic heterocycles. The molecular formula is C3H7N3O6Ti. The van der Waals surface area contributed by atoms with Crippen molar-refractivity contribution in [3.05, 3.63) is 14.7 Å². The summed E-state index contributed by atoms with van der Waals surface area (Å²) in [5, 5.41) is 1.68. The van der Waals surface area contributed by atoms with E-state index in [2.05, 4.69) is 6.74 Å². The van der Waals surface area contributed by atoms with E-state index in [4.69, 9.17) is 0 Å². The number of rotatable bonds is 6. The Morgan fingerprint density at radius 2 is 1.62 bits per heavy atom. The van der Waals surface area contributed by atoms with Crippen molar-refractivity contribution < 1.29 is 26.6 Å². The minimum atomic E-state index is -6.57. The molecule has 9 nitrogen and oxygen atoms in total. The van der Waals surface area contributed by atoms with Gasteiger partial charge in [-0.25, -0.2) is 0 Å². The number of nitrogens with zero attached hydrogens (tertiary/aromatic N) is 3. The van der Waals surface area contributed by atoms with Crippen LogP contribution in [-0.4, -0.2) is 6.10 Å². The van der Waals surface area contributed by atoms with E-state index in [-0.39, 0.29) is 0 Å². The molecule has 0 aliphatic heterocycles. The molecular weight excluding hydrogens is 222 g/mol. The summed E-state index contributed by atoms with van der Waals surface area (Å²) in [6.45, 7) is 2.70. The van der Waals surface area contributed by atoms with Crippen LogP contribution >= 0.6 is 0 Å². The first-order valence-electron chi connectivity index (χ1n) is 3.18. The molecule has 0 radical (unpaired) electrons. The Bertz CT molecular complexity index is 275. The van der Waals surface area contributed by atoms with E-state index >= 15 is 0 Å². The molecule has 0 N–H and O–H groups in total. The molecule has 0 aromatic rings. The molecule has 0 saturated heterocycles. The molecule has 0 saturated carbocycles. The fraction of sp³-hybridized carbons (Fsp3) is 1.00. The van der Waals surface area contributed by atoms with Gasteiger partial charge >= 0.3 is 74.0 Å². The standard InChI is InChI=1S/C3H7O.HNO2.2NO.O.Ti/c1-3(2)4;2-1-3;2*1-2;;/h3H,1-2H3;(H,2,3);;;;/q-1;;2*-1;;+4/p-1. The summed E-state index contributed by atoms with van der Waals surface area (Å²) in [6, 6.07) is 0. The van der Waals surface area contributed by atoms with Crippen molar-refractivity contribution in [1.29, 1.82) is 0 Å². The van der Waals surface area contributed by atoms with Crippen LogP contribution in [0.5, 0.6) is 0 Å². The Morgan fingerprint density at radius 3 is 1.85 bits per heavy atom. The summed E-state index contributed by atoms with van der Waals surface area (Å²) in [5.41, 5.74) is 0. The maximum atomic E-state index is 11.3. The van der Waals surface area contributed by atoms with Gasteiger partial charge in [0, 0.05) is 0 Å². The van der Waals surface area contributed by atoms with Gasteiger partial charge in [-0.3, -0.25) is 0 Å². The van der Waals surface area contributed by atoms with Gasteiger partial charge in [0.05, 0.1) is 0 Å². The molecule has 0 spiro atoms. The normalized spacial score (nSPS) is 12.3. The third kappa shape index (κ3) is 2.79. The van der Waals surface area contributed by atoms with Gasteiger partial charge in [-0.15, -0.1) is 0 Å². The molecule has 13 heavy (non-hydrogen) atoms.